The Morgan fingerprint density at radius 3 is 2.53 bits per heavy atom. The number of amides is 1. The molecule has 2 aromatic carbocycles. The number of hydrogen-bond acceptors (Lipinski definition) is 5. The zero-order valence-corrected chi connectivity index (χ0v) is 18.4. The third-order valence-electron chi connectivity index (χ3n) is 4.94. The Hall–Kier alpha value is -2.85. The van der Waals surface area contributed by atoms with E-state index in [4.69, 9.17) is 0 Å². The molecular formula is C20H19BrN4O4S. The fraction of sp³-hybridized carbons (Fsp3) is 0.200. The van der Waals surface area contributed by atoms with Crippen molar-refractivity contribution in [3.8, 4) is 11.4 Å². The lowest BCUT2D eigenvalue weighted by atomic mass is 10.2. The highest BCUT2D eigenvalue weighted by Gasteiger charge is 2.29. The number of anilines is 2. The van der Waals surface area contributed by atoms with Crippen molar-refractivity contribution in [1.82, 2.24) is 9.78 Å². The number of phenols is 1. The molecule has 0 radical (unpaired) electrons. The molecule has 1 aliphatic rings. The summed E-state index contributed by atoms with van der Waals surface area (Å²) >= 11 is 3.39. The van der Waals surface area contributed by atoms with Crippen LogP contribution in [0.25, 0.3) is 5.69 Å². The van der Waals surface area contributed by atoms with E-state index in [1.54, 1.807) is 11.6 Å². The quantitative estimate of drug-likeness (QED) is 0.545. The van der Waals surface area contributed by atoms with Crippen LogP contribution in [0.2, 0.25) is 0 Å². The molecular weight excluding hydrogens is 472 g/mol. The number of halogens is 1. The van der Waals surface area contributed by atoms with Crippen molar-refractivity contribution in [3.63, 3.8) is 0 Å². The summed E-state index contributed by atoms with van der Waals surface area (Å²) < 4.78 is 28.2. The standard InChI is InChI=1S/C20H19BrN4O4S/c1-13-17(12-22-25(13)15-5-3-14(21)4-6-15)20(27)23-18-11-16(7-8-19(18)26)24-9-2-10-30(24,28)29/h3-8,11-12,26H,2,9-10H2,1H3,(H,23,27). The highest BCUT2D eigenvalue weighted by Crippen LogP contribution is 2.32. The minimum absolute atomic E-state index is 0.0873. The van der Waals surface area contributed by atoms with E-state index in [2.05, 4.69) is 26.3 Å². The molecule has 1 saturated heterocycles. The molecule has 156 valence electrons. The lowest BCUT2D eigenvalue weighted by molar-refractivity contribution is 0.102. The van der Waals surface area contributed by atoms with Crippen molar-refractivity contribution < 1.29 is 18.3 Å². The maximum atomic E-state index is 12.8. The van der Waals surface area contributed by atoms with Crippen LogP contribution in [0, 0.1) is 6.92 Å². The Labute approximate surface area is 182 Å². The monoisotopic (exact) mass is 490 g/mol. The average molecular weight is 491 g/mol. The molecule has 0 spiro atoms. The van der Waals surface area contributed by atoms with Crippen LogP contribution in [0.5, 0.6) is 5.75 Å². The van der Waals surface area contributed by atoms with E-state index in [-0.39, 0.29) is 17.2 Å². The summed E-state index contributed by atoms with van der Waals surface area (Å²) in [7, 11) is -3.37. The van der Waals surface area contributed by atoms with E-state index in [9.17, 15) is 18.3 Å². The van der Waals surface area contributed by atoms with Gasteiger partial charge in [0.05, 0.1) is 40.3 Å². The second kappa shape index (κ2) is 7.77. The largest absolute Gasteiger partial charge is 0.506 e. The summed E-state index contributed by atoms with van der Waals surface area (Å²) in [5, 5.41) is 17.1. The minimum Gasteiger partial charge on any atom is -0.506 e. The lowest BCUT2D eigenvalue weighted by Gasteiger charge is -2.18. The van der Waals surface area contributed by atoms with Crippen LogP contribution in [-0.4, -0.2) is 41.5 Å². The molecule has 0 saturated carbocycles. The number of nitrogens with zero attached hydrogens (tertiary/aromatic N) is 3. The Morgan fingerprint density at radius 1 is 1.17 bits per heavy atom. The van der Waals surface area contributed by atoms with Crippen molar-refractivity contribution in [1.29, 1.82) is 0 Å². The fourth-order valence-electron chi connectivity index (χ4n) is 3.37. The van der Waals surface area contributed by atoms with E-state index in [0.29, 0.717) is 29.9 Å². The van der Waals surface area contributed by atoms with Crippen LogP contribution in [0.15, 0.2) is 53.1 Å². The van der Waals surface area contributed by atoms with E-state index in [1.807, 2.05) is 24.3 Å². The number of nitrogens with one attached hydrogen (secondary N) is 1. The first-order valence-electron chi connectivity index (χ1n) is 9.21. The molecule has 4 rings (SSSR count). The molecule has 1 amide bonds. The van der Waals surface area contributed by atoms with Gasteiger partial charge in [0, 0.05) is 11.0 Å². The molecule has 3 aromatic rings. The first-order valence-corrected chi connectivity index (χ1v) is 11.6. The molecule has 30 heavy (non-hydrogen) atoms. The predicted octanol–water partition coefficient (Wildman–Crippen LogP) is 3.44. The van der Waals surface area contributed by atoms with Crippen LogP contribution < -0.4 is 9.62 Å². The van der Waals surface area contributed by atoms with E-state index in [1.165, 1.54) is 28.7 Å². The van der Waals surface area contributed by atoms with Gasteiger partial charge in [-0.2, -0.15) is 5.10 Å². The second-order valence-electron chi connectivity index (χ2n) is 6.93. The highest BCUT2D eigenvalue weighted by atomic mass is 79.9. The summed E-state index contributed by atoms with van der Waals surface area (Å²) in [5.74, 6) is -0.515. The first-order chi connectivity index (χ1) is 14.3. The van der Waals surface area contributed by atoms with Crippen molar-refractivity contribution in [2.24, 2.45) is 0 Å². The number of benzene rings is 2. The molecule has 0 atom stereocenters. The Kier molecular flexibility index (Phi) is 5.29. The number of carbonyl (C=O) groups excluding carboxylic acids is 1. The van der Waals surface area contributed by atoms with Gasteiger partial charge in [0.1, 0.15) is 5.75 Å². The summed E-state index contributed by atoms with van der Waals surface area (Å²) in [4.78, 5) is 12.8. The van der Waals surface area contributed by atoms with Crippen molar-refractivity contribution in [2.75, 3.05) is 21.9 Å². The van der Waals surface area contributed by atoms with Gasteiger partial charge in [-0.25, -0.2) is 13.1 Å². The molecule has 1 fully saturated rings. The minimum atomic E-state index is -3.37. The topological polar surface area (TPSA) is 105 Å². The maximum Gasteiger partial charge on any atom is 0.259 e. The number of carbonyl (C=O) groups is 1. The molecule has 2 N–H and O–H groups in total. The van der Waals surface area contributed by atoms with Crippen molar-refractivity contribution in [2.45, 2.75) is 13.3 Å². The van der Waals surface area contributed by atoms with Gasteiger partial charge in [-0.1, -0.05) is 15.9 Å². The molecule has 1 aliphatic heterocycles. The van der Waals surface area contributed by atoms with E-state index in [0.717, 1.165) is 10.2 Å². The third kappa shape index (κ3) is 3.80. The maximum absolute atomic E-state index is 12.8. The zero-order chi connectivity index (χ0) is 21.5. The first kappa shape index (κ1) is 20.4. The molecule has 0 aliphatic carbocycles. The van der Waals surface area contributed by atoms with Gasteiger partial charge in [-0.05, 0) is 55.8 Å². The molecule has 0 unspecified atom stereocenters. The second-order valence-corrected chi connectivity index (χ2v) is 9.86. The number of aromatic hydroxyl groups is 1. The summed E-state index contributed by atoms with van der Waals surface area (Å²) in [6.07, 6.45) is 2.00. The van der Waals surface area contributed by atoms with Crippen LogP contribution in [0.4, 0.5) is 11.4 Å². The molecule has 10 heteroatoms. The summed E-state index contributed by atoms with van der Waals surface area (Å²) in [6, 6.07) is 11.9. The smallest absolute Gasteiger partial charge is 0.259 e. The Morgan fingerprint density at radius 2 is 1.87 bits per heavy atom. The van der Waals surface area contributed by atoms with E-state index >= 15 is 0 Å². The number of hydrogen-bond donors (Lipinski definition) is 2. The molecule has 8 nitrogen and oxygen atoms in total. The van der Waals surface area contributed by atoms with Crippen molar-refractivity contribution in [3.05, 3.63) is 64.4 Å². The molecule has 1 aromatic heterocycles. The van der Waals surface area contributed by atoms with Gasteiger partial charge in [0.25, 0.3) is 5.91 Å². The number of rotatable bonds is 4. The van der Waals surface area contributed by atoms with Crippen LogP contribution in [0.1, 0.15) is 22.5 Å². The van der Waals surface area contributed by atoms with Crippen LogP contribution in [-0.2, 0) is 10.0 Å². The van der Waals surface area contributed by atoms with Gasteiger partial charge in [-0.15, -0.1) is 0 Å². The van der Waals surface area contributed by atoms with Gasteiger partial charge >= 0.3 is 0 Å². The number of sulfonamides is 1. The van der Waals surface area contributed by atoms with Gasteiger partial charge in [0.15, 0.2) is 0 Å². The molecule has 2 heterocycles. The predicted molar refractivity (Wildman–Crippen MR) is 118 cm³/mol. The van der Waals surface area contributed by atoms with E-state index < -0.39 is 15.9 Å². The molecule has 0 bridgehead atoms. The average Bonchev–Trinajstić information content (AvgIpc) is 3.26. The summed E-state index contributed by atoms with van der Waals surface area (Å²) in [6.45, 7) is 2.15. The lowest BCUT2D eigenvalue weighted by Crippen LogP contribution is -2.25. The zero-order valence-electron chi connectivity index (χ0n) is 16.0. The van der Waals surface area contributed by atoms with Crippen LogP contribution >= 0.6 is 15.9 Å². The SMILES string of the molecule is Cc1c(C(=O)Nc2cc(N3CCCS3(=O)=O)ccc2O)cnn1-c1ccc(Br)cc1. The van der Waals surface area contributed by atoms with Gasteiger partial charge < -0.3 is 10.4 Å². The third-order valence-corrected chi connectivity index (χ3v) is 7.34. The number of aromatic nitrogens is 2. The Balaban J connectivity index is 1.60. The number of phenolic OH excluding ortho intramolecular Hbond substituents is 1. The Bertz CT molecular complexity index is 1220. The summed E-state index contributed by atoms with van der Waals surface area (Å²) in [5.41, 5.74) is 2.32. The normalized spacial score (nSPS) is 15.3. The fourth-order valence-corrected chi connectivity index (χ4v) is 5.19. The van der Waals surface area contributed by atoms with Gasteiger partial charge in [-0.3, -0.25) is 9.10 Å². The van der Waals surface area contributed by atoms with Crippen LogP contribution in [0.3, 0.4) is 0 Å². The highest BCUT2D eigenvalue weighted by molar-refractivity contribution is 9.10. The van der Waals surface area contributed by atoms with Gasteiger partial charge in [0.2, 0.25) is 10.0 Å². The van der Waals surface area contributed by atoms with Crippen molar-refractivity contribution >= 4 is 43.2 Å².